The topological polar surface area (TPSA) is 98.3 Å². The molecule has 2 saturated carbocycles. The number of hydrogen-bond acceptors (Lipinski definition) is 5. The van der Waals surface area contributed by atoms with Gasteiger partial charge in [0.05, 0.1) is 23.0 Å². The van der Waals surface area contributed by atoms with E-state index in [2.05, 4.69) is 9.97 Å². The fourth-order valence-corrected chi connectivity index (χ4v) is 4.94. The maximum Gasteiger partial charge on any atom is 0.411 e. The molecule has 2 aliphatic rings. The van der Waals surface area contributed by atoms with Crippen molar-refractivity contribution in [3.8, 4) is 0 Å². The van der Waals surface area contributed by atoms with E-state index in [9.17, 15) is 23.1 Å². The maximum atomic E-state index is 12.3. The van der Waals surface area contributed by atoms with E-state index >= 15 is 0 Å². The summed E-state index contributed by atoms with van der Waals surface area (Å²) < 4.78 is 42.0. The number of alkyl halides is 3. The summed E-state index contributed by atoms with van der Waals surface area (Å²) in [5, 5.41) is 10.4. The minimum atomic E-state index is -4.30. The van der Waals surface area contributed by atoms with Crippen LogP contribution in [0, 0.1) is 11.8 Å². The lowest BCUT2D eigenvalue weighted by Gasteiger charge is -2.34. The third-order valence-electron chi connectivity index (χ3n) is 6.47. The van der Waals surface area contributed by atoms with Crippen molar-refractivity contribution in [3.63, 3.8) is 0 Å². The van der Waals surface area contributed by atoms with Gasteiger partial charge in [0.15, 0.2) is 0 Å². The Bertz CT molecular complexity index is 762. The molecular weight excluding hydrogens is 411 g/mol. The second-order valence-corrected chi connectivity index (χ2v) is 9.45. The number of nitrogens with zero attached hydrogens (tertiary/aromatic N) is 2. The Morgan fingerprint density at radius 2 is 1.94 bits per heavy atom. The minimum absolute atomic E-state index is 0.228. The van der Waals surface area contributed by atoms with Gasteiger partial charge >= 0.3 is 6.18 Å². The first kappa shape index (κ1) is 23.9. The summed E-state index contributed by atoms with van der Waals surface area (Å²) in [6.07, 6.45) is 4.03. The smallest absolute Gasteiger partial charge is 0.390 e. The third-order valence-corrected chi connectivity index (χ3v) is 6.47. The monoisotopic (exact) mass is 443 g/mol. The van der Waals surface area contributed by atoms with Crippen molar-refractivity contribution in [3.05, 3.63) is 23.3 Å². The number of rotatable bonds is 7. The normalized spacial score (nSPS) is 29.6. The van der Waals surface area contributed by atoms with E-state index in [1.807, 2.05) is 6.92 Å². The van der Waals surface area contributed by atoms with Gasteiger partial charge in [-0.15, -0.1) is 0 Å². The molecule has 2 fully saturated rings. The molecule has 0 bridgehead atoms. The van der Waals surface area contributed by atoms with Crippen LogP contribution in [0.5, 0.6) is 0 Å². The van der Waals surface area contributed by atoms with Gasteiger partial charge in [-0.3, -0.25) is 4.79 Å². The average molecular weight is 444 g/mol. The number of amides is 1. The highest BCUT2D eigenvalue weighted by atomic mass is 19.4. The molecule has 0 radical (unpaired) electrons. The zero-order chi connectivity index (χ0) is 22.6. The van der Waals surface area contributed by atoms with Gasteiger partial charge < -0.3 is 15.6 Å². The molecule has 0 spiro atoms. The molecule has 1 heterocycles. The quantitative estimate of drug-likeness (QED) is 0.669. The van der Waals surface area contributed by atoms with Crippen molar-refractivity contribution < 1.29 is 27.8 Å². The zero-order valence-electron chi connectivity index (χ0n) is 18.0. The van der Waals surface area contributed by atoms with Crippen molar-refractivity contribution in [1.29, 1.82) is 0 Å². The molecule has 2 aliphatic carbocycles. The SMILES string of the molecule is C[C@]1(O)CCC[C@@H](Cc2nc(C[C@H]3CC[C@H](OCC(F)(F)F)CC3)ncc2C(N)=O)C1. The molecule has 174 valence electrons. The molecule has 1 aromatic rings. The molecule has 3 N–H and O–H groups in total. The average Bonchev–Trinajstić information content (AvgIpc) is 2.66. The van der Waals surface area contributed by atoms with Crippen LogP contribution in [0.1, 0.15) is 80.2 Å². The van der Waals surface area contributed by atoms with Crippen LogP contribution in [0.4, 0.5) is 13.2 Å². The van der Waals surface area contributed by atoms with Gasteiger partial charge in [-0.2, -0.15) is 13.2 Å². The predicted molar refractivity (Wildman–Crippen MR) is 108 cm³/mol. The van der Waals surface area contributed by atoms with Crippen LogP contribution in [0.3, 0.4) is 0 Å². The van der Waals surface area contributed by atoms with Gasteiger partial charge in [0, 0.05) is 12.6 Å². The van der Waals surface area contributed by atoms with E-state index in [0.717, 1.165) is 32.1 Å². The van der Waals surface area contributed by atoms with Gasteiger partial charge in [-0.25, -0.2) is 9.97 Å². The Morgan fingerprint density at radius 3 is 2.55 bits per heavy atom. The number of primary amides is 1. The number of aliphatic hydroxyl groups is 1. The first-order chi connectivity index (χ1) is 14.5. The molecule has 0 saturated heterocycles. The van der Waals surface area contributed by atoms with Gasteiger partial charge in [0.1, 0.15) is 12.4 Å². The third kappa shape index (κ3) is 7.42. The lowest BCUT2D eigenvalue weighted by Crippen LogP contribution is -2.33. The summed E-state index contributed by atoms with van der Waals surface area (Å²) in [6.45, 7) is 0.645. The lowest BCUT2D eigenvalue weighted by atomic mass is 9.77. The van der Waals surface area contributed by atoms with E-state index in [1.54, 1.807) is 0 Å². The Labute approximate surface area is 180 Å². The number of hydrogen-bond donors (Lipinski definition) is 2. The van der Waals surface area contributed by atoms with E-state index in [-0.39, 0.29) is 17.9 Å². The van der Waals surface area contributed by atoms with Gasteiger partial charge in [-0.05, 0) is 70.1 Å². The second kappa shape index (κ2) is 9.81. The van der Waals surface area contributed by atoms with Crippen molar-refractivity contribution in [2.24, 2.45) is 17.6 Å². The number of ether oxygens (including phenoxy) is 1. The van der Waals surface area contributed by atoms with E-state index in [4.69, 9.17) is 10.5 Å². The van der Waals surface area contributed by atoms with Crippen LogP contribution in [0.25, 0.3) is 0 Å². The summed E-state index contributed by atoms with van der Waals surface area (Å²) in [6, 6.07) is 0. The lowest BCUT2D eigenvalue weighted by molar-refractivity contribution is -0.188. The van der Waals surface area contributed by atoms with Gasteiger partial charge in [0.2, 0.25) is 0 Å². The largest absolute Gasteiger partial charge is 0.411 e. The second-order valence-electron chi connectivity index (χ2n) is 9.45. The molecule has 9 heteroatoms. The first-order valence-electron chi connectivity index (χ1n) is 11.1. The summed E-state index contributed by atoms with van der Waals surface area (Å²) in [4.78, 5) is 20.8. The molecule has 31 heavy (non-hydrogen) atoms. The van der Waals surface area contributed by atoms with E-state index < -0.39 is 24.3 Å². The Hall–Kier alpha value is -1.74. The fourth-order valence-electron chi connectivity index (χ4n) is 4.94. The molecule has 0 aromatic carbocycles. The van der Waals surface area contributed by atoms with Crippen LogP contribution >= 0.6 is 0 Å². The molecule has 1 aromatic heterocycles. The minimum Gasteiger partial charge on any atom is -0.390 e. The summed E-state index contributed by atoms with van der Waals surface area (Å²) in [5.74, 6) is 0.563. The molecule has 0 aliphatic heterocycles. The number of carbonyl (C=O) groups excluding carboxylic acids is 1. The fraction of sp³-hybridized carbons (Fsp3) is 0.773. The van der Waals surface area contributed by atoms with Crippen LogP contribution in [0.2, 0.25) is 0 Å². The maximum absolute atomic E-state index is 12.3. The van der Waals surface area contributed by atoms with Crippen LogP contribution in [0.15, 0.2) is 6.20 Å². The van der Waals surface area contributed by atoms with E-state index in [0.29, 0.717) is 49.2 Å². The van der Waals surface area contributed by atoms with Crippen LogP contribution < -0.4 is 5.73 Å². The summed E-state index contributed by atoms with van der Waals surface area (Å²) in [5.41, 5.74) is 5.77. The molecule has 1 amide bonds. The number of aromatic nitrogens is 2. The number of nitrogens with two attached hydrogens (primary N) is 1. The number of halogens is 3. The first-order valence-corrected chi connectivity index (χ1v) is 11.1. The molecule has 0 unspecified atom stereocenters. The Kier molecular flexibility index (Phi) is 7.57. The Balaban J connectivity index is 1.60. The van der Waals surface area contributed by atoms with Crippen molar-refractivity contribution in [2.75, 3.05) is 6.61 Å². The molecular formula is C22H32F3N3O3. The molecule has 3 rings (SSSR count). The van der Waals surface area contributed by atoms with Gasteiger partial charge in [0.25, 0.3) is 5.91 Å². The molecule has 6 nitrogen and oxygen atoms in total. The highest BCUT2D eigenvalue weighted by molar-refractivity contribution is 5.93. The van der Waals surface area contributed by atoms with Crippen LogP contribution in [-0.4, -0.2) is 45.5 Å². The predicted octanol–water partition coefficient (Wildman–Crippen LogP) is 3.74. The van der Waals surface area contributed by atoms with Crippen molar-refractivity contribution in [2.45, 2.75) is 89.0 Å². The molecule has 2 atom stereocenters. The summed E-state index contributed by atoms with van der Waals surface area (Å²) >= 11 is 0. The Morgan fingerprint density at radius 1 is 1.23 bits per heavy atom. The van der Waals surface area contributed by atoms with Crippen LogP contribution in [-0.2, 0) is 17.6 Å². The van der Waals surface area contributed by atoms with Crippen molar-refractivity contribution in [1.82, 2.24) is 9.97 Å². The highest BCUT2D eigenvalue weighted by Gasteiger charge is 2.32. The summed E-state index contributed by atoms with van der Waals surface area (Å²) in [7, 11) is 0. The van der Waals surface area contributed by atoms with Gasteiger partial charge in [-0.1, -0.05) is 6.42 Å². The number of carbonyl (C=O) groups is 1. The zero-order valence-corrected chi connectivity index (χ0v) is 18.0. The standard InChI is InChI=1S/C22H32F3N3O3/c1-21(30)8-2-3-15(11-21)9-18-17(20(26)29)12-27-19(28-18)10-14-4-6-16(7-5-14)31-13-22(23,24)25/h12,14-16,30H,2-11,13H2,1H3,(H2,26,29)/t14-,15-,16-,21-/m0/s1. The van der Waals surface area contributed by atoms with E-state index in [1.165, 1.54) is 6.20 Å². The van der Waals surface area contributed by atoms with Crippen molar-refractivity contribution >= 4 is 5.91 Å². The highest BCUT2D eigenvalue weighted by Crippen LogP contribution is 2.34.